The lowest BCUT2D eigenvalue weighted by Gasteiger charge is -2.35. The largest absolute Gasteiger partial charge is 0.497 e. The highest BCUT2D eigenvalue weighted by Gasteiger charge is 2.25. The predicted molar refractivity (Wildman–Crippen MR) is 120 cm³/mol. The van der Waals surface area contributed by atoms with E-state index in [0.29, 0.717) is 35.6 Å². The lowest BCUT2D eigenvalue weighted by molar-refractivity contribution is 0.0899. The zero-order valence-corrected chi connectivity index (χ0v) is 18.0. The van der Waals surface area contributed by atoms with Gasteiger partial charge in [-0.1, -0.05) is 30.3 Å². The molecule has 1 amide bonds. The fraction of sp³-hybridized carbons (Fsp3) is 0.400. The molecule has 1 aliphatic rings. The molecule has 4 rings (SSSR count). The molecule has 158 valence electrons. The van der Waals surface area contributed by atoms with Crippen LogP contribution >= 0.6 is 0 Å². The molecule has 1 saturated heterocycles. The van der Waals surface area contributed by atoms with Gasteiger partial charge < -0.3 is 19.4 Å². The second kappa shape index (κ2) is 8.92. The Bertz CT molecular complexity index is 1010. The summed E-state index contributed by atoms with van der Waals surface area (Å²) in [5.41, 5.74) is 2.45. The number of furan rings is 1. The molecule has 5 heteroatoms. The van der Waals surface area contributed by atoms with Crippen LogP contribution in [0.2, 0.25) is 0 Å². The second-order valence-corrected chi connectivity index (χ2v) is 8.34. The third kappa shape index (κ3) is 4.21. The highest BCUT2D eigenvalue weighted by molar-refractivity contribution is 6.08. The summed E-state index contributed by atoms with van der Waals surface area (Å²) in [7, 11) is 1.63. The van der Waals surface area contributed by atoms with Crippen LogP contribution < -0.4 is 10.1 Å². The summed E-state index contributed by atoms with van der Waals surface area (Å²) in [4.78, 5) is 15.7. The molecular formula is C25H30N2O3. The Morgan fingerprint density at radius 3 is 2.77 bits per heavy atom. The molecule has 5 nitrogen and oxygen atoms in total. The Balaban J connectivity index is 1.60. The third-order valence-corrected chi connectivity index (χ3v) is 6.00. The van der Waals surface area contributed by atoms with Crippen LogP contribution in [-0.4, -0.2) is 43.6 Å². The number of amides is 1. The number of carbonyl (C=O) groups excluding carboxylic acids is 1. The smallest absolute Gasteiger partial charge is 0.287 e. The predicted octanol–water partition coefficient (Wildman–Crippen LogP) is 4.96. The van der Waals surface area contributed by atoms with Crippen molar-refractivity contribution < 1.29 is 13.9 Å². The van der Waals surface area contributed by atoms with E-state index < -0.39 is 0 Å². The summed E-state index contributed by atoms with van der Waals surface area (Å²) in [5, 5.41) is 4.05. The molecule has 1 aliphatic heterocycles. The summed E-state index contributed by atoms with van der Waals surface area (Å²) >= 11 is 0. The maximum absolute atomic E-state index is 13.2. The number of carbonyl (C=O) groups is 1. The van der Waals surface area contributed by atoms with Gasteiger partial charge >= 0.3 is 0 Å². The number of nitrogens with one attached hydrogen (secondary N) is 1. The zero-order chi connectivity index (χ0) is 21.1. The van der Waals surface area contributed by atoms with Crippen molar-refractivity contribution in [3.05, 3.63) is 54.3 Å². The van der Waals surface area contributed by atoms with Crippen molar-refractivity contribution in [3.8, 4) is 16.9 Å². The normalized spacial score (nSPS) is 17.4. The lowest BCUT2D eigenvalue weighted by Crippen LogP contribution is -2.43. The number of ether oxygens (including phenoxy) is 1. The Morgan fingerprint density at radius 1 is 1.23 bits per heavy atom. The number of methoxy groups -OCH3 is 1. The summed E-state index contributed by atoms with van der Waals surface area (Å²) in [5.74, 6) is 1.38. The Labute approximate surface area is 178 Å². The standard InChI is InChI=1S/C25H30N2O3/c1-17(2)27-13-7-8-18(16-27)15-26-25(28)24-23(19-9-5-4-6-10-19)21-12-11-20(29-3)14-22(21)30-24/h4-6,9-12,14,17-18H,7-8,13,15-16H2,1-3H3,(H,26,28). The highest BCUT2D eigenvalue weighted by Crippen LogP contribution is 2.36. The van der Waals surface area contributed by atoms with E-state index in [1.165, 1.54) is 6.42 Å². The molecule has 0 bridgehead atoms. The van der Waals surface area contributed by atoms with Gasteiger partial charge in [-0.3, -0.25) is 4.79 Å². The Hall–Kier alpha value is -2.79. The van der Waals surface area contributed by atoms with Crippen molar-refractivity contribution in [1.29, 1.82) is 0 Å². The van der Waals surface area contributed by atoms with Gasteiger partial charge in [0, 0.05) is 36.1 Å². The molecule has 30 heavy (non-hydrogen) atoms. The number of hydrogen-bond donors (Lipinski definition) is 1. The van der Waals surface area contributed by atoms with Crippen molar-refractivity contribution >= 4 is 16.9 Å². The number of likely N-dealkylation sites (tertiary alicyclic amines) is 1. The molecule has 0 aliphatic carbocycles. The molecule has 2 heterocycles. The molecule has 0 spiro atoms. The van der Waals surface area contributed by atoms with Gasteiger partial charge in [-0.15, -0.1) is 0 Å². The van der Waals surface area contributed by atoms with Crippen LogP contribution in [0.25, 0.3) is 22.1 Å². The van der Waals surface area contributed by atoms with Crippen molar-refractivity contribution in [2.45, 2.75) is 32.7 Å². The maximum Gasteiger partial charge on any atom is 0.287 e. The number of nitrogens with zero attached hydrogens (tertiary/aromatic N) is 1. The van der Waals surface area contributed by atoms with E-state index in [4.69, 9.17) is 9.15 Å². The van der Waals surface area contributed by atoms with Gasteiger partial charge in [-0.25, -0.2) is 0 Å². The van der Waals surface area contributed by atoms with Crippen molar-refractivity contribution in [2.75, 3.05) is 26.7 Å². The number of piperidine rings is 1. The number of benzene rings is 2. The van der Waals surface area contributed by atoms with Crippen molar-refractivity contribution in [3.63, 3.8) is 0 Å². The van der Waals surface area contributed by atoms with Gasteiger partial charge in [0.05, 0.1) is 7.11 Å². The zero-order valence-electron chi connectivity index (χ0n) is 18.0. The first kappa shape index (κ1) is 20.5. The Kier molecular flexibility index (Phi) is 6.09. The van der Waals surface area contributed by atoms with E-state index in [0.717, 1.165) is 36.0 Å². The summed E-state index contributed by atoms with van der Waals surface area (Å²) in [6, 6.07) is 16.2. The van der Waals surface area contributed by atoms with Crippen LogP contribution in [0.5, 0.6) is 5.75 Å². The van der Waals surface area contributed by atoms with Crippen LogP contribution in [0.3, 0.4) is 0 Å². The van der Waals surface area contributed by atoms with E-state index in [-0.39, 0.29) is 5.91 Å². The molecule has 3 aromatic rings. The lowest BCUT2D eigenvalue weighted by atomic mass is 9.96. The summed E-state index contributed by atoms with van der Waals surface area (Å²) < 4.78 is 11.4. The van der Waals surface area contributed by atoms with Crippen molar-refractivity contribution in [2.24, 2.45) is 5.92 Å². The van der Waals surface area contributed by atoms with Crippen LogP contribution in [0.15, 0.2) is 52.9 Å². The number of hydrogen-bond acceptors (Lipinski definition) is 4. The molecule has 2 aromatic carbocycles. The highest BCUT2D eigenvalue weighted by atomic mass is 16.5. The quantitative estimate of drug-likeness (QED) is 0.629. The molecule has 1 unspecified atom stereocenters. The topological polar surface area (TPSA) is 54.7 Å². The fourth-order valence-corrected chi connectivity index (χ4v) is 4.31. The fourth-order valence-electron chi connectivity index (χ4n) is 4.31. The molecule has 1 aromatic heterocycles. The summed E-state index contributed by atoms with van der Waals surface area (Å²) in [6.07, 6.45) is 2.32. The molecule has 0 saturated carbocycles. The van der Waals surface area contributed by atoms with Crippen LogP contribution in [0.1, 0.15) is 37.2 Å². The second-order valence-electron chi connectivity index (χ2n) is 8.34. The third-order valence-electron chi connectivity index (χ3n) is 6.00. The minimum atomic E-state index is -0.161. The van der Waals surface area contributed by atoms with E-state index >= 15 is 0 Å². The minimum Gasteiger partial charge on any atom is -0.497 e. The number of rotatable bonds is 6. The van der Waals surface area contributed by atoms with Gasteiger partial charge in [0.1, 0.15) is 11.3 Å². The summed E-state index contributed by atoms with van der Waals surface area (Å²) in [6.45, 7) is 7.30. The van der Waals surface area contributed by atoms with E-state index in [9.17, 15) is 4.79 Å². The first-order chi connectivity index (χ1) is 14.6. The molecular weight excluding hydrogens is 376 g/mol. The van der Waals surface area contributed by atoms with Gasteiger partial charge in [0.15, 0.2) is 0 Å². The molecule has 1 fully saturated rings. The first-order valence-electron chi connectivity index (χ1n) is 10.7. The minimum absolute atomic E-state index is 0.161. The van der Waals surface area contributed by atoms with E-state index in [1.807, 2.05) is 48.5 Å². The maximum atomic E-state index is 13.2. The van der Waals surface area contributed by atoms with Crippen LogP contribution in [0, 0.1) is 5.92 Å². The molecule has 1 atom stereocenters. The van der Waals surface area contributed by atoms with Crippen molar-refractivity contribution in [1.82, 2.24) is 10.2 Å². The average molecular weight is 407 g/mol. The van der Waals surface area contributed by atoms with Gasteiger partial charge in [-0.05, 0) is 56.8 Å². The average Bonchev–Trinajstić information content (AvgIpc) is 3.17. The van der Waals surface area contributed by atoms with E-state index in [2.05, 4.69) is 24.1 Å². The number of fused-ring (bicyclic) bond motifs is 1. The van der Waals surface area contributed by atoms with Crippen LogP contribution in [0.4, 0.5) is 0 Å². The van der Waals surface area contributed by atoms with E-state index in [1.54, 1.807) is 7.11 Å². The van der Waals surface area contributed by atoms with Crippen LogP contribution in [-0.2, 0) is 0 Å². The molecule has 1 N–H and O–H groups in total. The van der Waals surface area contributed by atoms with Gasteiger partial charge in [0.25, 0.3) is 5.91 Å². The van der Waals surface area contributed by atoms with Gasteiger partial charge in [-0.2, -0.15) is 0 Å². The SMILES string of the molecule is COc1ccc2c(-c3ccccc3)c(C(=O)NCC3CCCN(C(C)C)C3)oc2c1. The molecule has 0 radical (unpaired) electrons. The first-order valence-corrected chi connectivity index (χ1v) is 10.7. The van der Waals surface area contributed by atoms with Gasteiger partial charge in [0.2, 0.25) is 5.76 Å². The monoisotopic (exact) mass is 406 g/mol. The Morgan fingerprint density at radius 2 is 2.03 bits per heavy atom.